The van der Waals surface area contributed by atoms with Gasteiger partial charge in [-0.05, 0) is 30.9 Å². The van der Waals surface area contributed by atoms with Crippen molar-refractivity contribution in [3.63, 3.8) is 0 Å². The lowest BCUT2D eigenvalue weighted by Gasteiger charge is -2.30. The van der Waals surface area contributed by atoms with Gasteiger partial charge in [-0.1, -0.05) is 6.92 Å². The second-order valence-electron chi connectivity index (χ2n) is 4.39. The van der Waals surface area contributed by atoms with Gasteiger partial charge in [0.05, 0.1) is 16.3 Å². The molecule has 1 unspecified atom stereocenters. The predicted molar refractivity (Wildman–Crippen MR) is 83.1 cm³/mol. The summed E-state index contributed by atoms with van der Waals surface area (Å²) >= 11 is 1.77. The first-order valence-electron chi connectivity index (χ1n) is 5.95. The van der Waals surface area contributed by atoms with Crippen LogP contribution in [-0.4, -0.2) is 33.5 Å². The van der Waals surface area contributed by atoms with E-state index in [2.05, 4.69) is 18.1 Å². The summed E-state index contributed by atoms with van der Waals surface area (Å²) in [6.07, 6.45) is 3.05. The Bertz CT molecular complexity index is 532. The molecule has 0 saturated heterocycles. The van der Waals surface area contributed by atoms with Crippen molar-refractivity contribution in [2.24, 2.45) is 5.14 Å². The monoisotopic (exact) mass is 303 g/mol. The zero-order chi connectivity index (χ0) is 14.6. The van der Waals surface area contributed by atoms with E-state index < -0.39 is 10.0 Å². The van der Waals surface area contributed by atoms with Crippen molar-refractivity contribution in [3.8, 4) is 0 Å². The Labute approximate surface area is 119 Å². The van der Waals surface area contributed by atoms with Crippen LogP contribution in [-0.2, 0) is 10.0 Å². The van der Waals surface area contributed by atoms with E-state index in [-0.39, 0.29) is 4.90 Å². The number of hydrogen-bond donors (Lipinski definition) is 2. The molecule has 1 rings (SSSR count). The lowest BCUT2D eigenvalue weighted by atomic mass is 10.2. The third-order valence-corrected chi connectivity index (χ3v) is 4.71. The first-order chi connectivity index (χ1) is 8.81. The van der Waals surface area contributed by atoms with Crippen LogP contribution in [0.1, 0.15) is 13.3 Å². The van der Waals surface area contributed by atoms with Crippen molar-refractivity contribution in [3.05, 3.63) is 18.2 Å². The Morgan fingerprint density at radius 1 is 1.42 bits per heavy atom. The highest BCUT2D eigenvalue weighted by Crippen LogP contribution is 2.27. The predicted octanol–water partition coefficient (Wildman–Crippen LogP) is 1.49. The molecular weight excluding hydrogens is 282 g/mol. The largest absolute Gasteiger partial charge is 0.397 e. The van der Waals surface area contributed by atoms with Crippen LogP contribution in [0.3, 0.4) is 0 Å². The number of hydrogen-bond acceptors (Lipinski definition) is 5. The maximum atomic E-state index is 11.3. The topological polar surface area (TPSA) is 89.4 Å². The maximum Gasteiger partial charge on any atom is 0.238 e. The van der Waals surface area contributed by atoms with Crippen molar-refractivity contribution in [2.45, 2.75) is 24.3 Å². The third-order valence-electron chi connectivity index (χ3n) is 3.09. The number of thioether (sulfide) groups is 1. The molecule has 0 aliphatic rings. The lowest BCUT2D eigenvalue weighted by molar-refractivity contribution is 0.598. The Balaban J connectivity index is 3.08. The molecule has 0 amide bonds. The van der Waals surface area contributed by atoms with E-state index in [1.54, 1.807) is 17.8 Å². The number of nitrogens with two attached hydrogens (primary N) is 2. The normalized spacial score (nSPS) is 13.3. The van der Waals surface area contributed by atoms with Gasteiger partial charge in [0.15, 0.2) is 0 Å². The van der Waals surface area contributed by atoms with Crippen LogP contribution < -0.4 is 15.8 Å². The molecular formula is C12H21N3O2S2. The van der Waals surface area contributed by atoms with Crippen molar-refractivity contribution in [1.29, 1.82) is 0 Å². The number of nitrogens with zero attached hydrogens (tertiary/aromatic N) is 1. The second kappa shape index (κ2) is 6.49. The first-order valence-corrected chi connectivity index (χ1v) is 8.89. The molecule has 0 saturated carbocycles. The van der Waals surface area contributed by atoms with E-state index in [0.717, 1.165) is 17.9 Å². The number of benzene rings is 1. The molecule has 19 heavy (non-hydrogen) atoms. The van der Waals surface area contributed by atoms with E-state index in [1.807, 2.05) is 7.05 Å². The first kappa shape index (κ1) is 16.1. The molecule has 1 aromatic carbocycles. The maximum absolute atomic E-state index is 11.3. The van der Waals surface area contributed by atoms with Crippen LogP contribution in [0.5, 0.6) is 0 Å². The van der Waals surface area contributed by atoms with Crippen LogP contribution in [0, 0.1) is 0 Å². The summed E-state index contributed by atoms with van der Waals surface area (Å²) in [5.74, 6) is 0.989. The van der Waals surface area contributed by atoms with E-state index >= 15 is 0 Å². The highest BCUT2D eigenvalue weighted by atomic mass is 32.2. The summed E-state index contributed by atoms with van der Waals surface area (Å²) in [7, 11) is -1.74. The zero-order valence-corrected chi connectivity index (χ0v) is 13.1. The highest BCUT2D eigenvalue weighted by molar-refractivity contribution is 7.98. The number of rotatable bonds is 6. The molecule has 0 heterocycles. The molecule has 4 N–H and O–H groups in total. The Morgan fingerprint density at radius 3 is 2.47 bits per heavy atom. The fraction of sp³-hybridized carbons (Fsp3) is 0.500. The van der Waals surface area contributed by atoms with E-state index in [0.29, 0.717) is 11.7 Å². The molecule has 1 aromatic rings. The van der Waals surface area contributed by atoms with Crippen LogP contribution in [0.25, 0.3) is 0 Å². The van der Waals surface area contributed by atoms with Gasteiger partial charge in [-0.2, -0.15) is 11.8 Å². The van der Waals surface area contributed by atoms with E-state index in [4.69, 9.17) is 10.9 Å². The van der Waals surface area contributed by atoms with Gasteiger partial charge in [0.2, 0.25) is 10.0 Å². The summed E-state index contributed by atoms with van der Waals surface area (Å²) in [5.41, 5.74) is 7.19. The van der Waals surface area contributed by atoms with Crippen LogP contribution >= 0.6 is 11.8 Å². The average Bonchev–Trinajstić information content (AvgIpc) is 2.34. The van der Waals surface area contributed by atoms with Gasteiger partial charge in [0.1, 0.15) is 0 Å². The molecule has 1 atom stereocenters. The highest BCUT2D eigenvalue weighted by Gasteiger charge is 2.17. The Kier molecular flexibility index (Phi) is 5.51. The summed E-state index contributed by atoms with van der Waals surface area (Å²) in [6.45, 7) is 2.12. The number of sulfonamides is 1. The van der Waals surface area contributed by atoms with Crippen molar-refractivity contribution >= 4 is 33.2 Å². The number of anilines is 2. The molecule has 0 bridgehead atoms. The summed E-state index contributed by atoms with van der Waals surface area (Å²) in [5, 5.41) is 5.09. The minimum absolute atomic E-state index is 0.0417. The smallest absolute Gasteiger partial charge is 0.238 e. The van der Waals surface area contributed by atoms with Gasteiger partial charge in [-0.25, -0.2) is 13.6 Å². The summed E-state index contributed by atoms with van der Waals surface area (Å²) in [4.78, 5) is 2.12. The number of primary sulfonamides is 1. The van der Waals surface area contributed by atoms with Crippen LogP contribution in [0.4, 0.5) is 11.4 Å². The molecule has 0 aliphatic heterocycles. The summed E-state index contributed by atoms with van der Waals surface area (Å²) in [6, 6.07) is 4.96. The minimum Gasteiger partial charge on any atom is -0.397 e. The van der Waals surface area contributed by atoms with Crippen LogP contribution in [0.15, 0.2) is 23.1 Å². The molecule has 0 radical (unpaired) electrons. The van der Waals surface area contributed by atoms with Gasteiger partial charge in [0.25, 0.3) is 0 Å². The molecule has 0 aliphatic carbocycles. The van der Waals surface area contributed by atoms with Crippen molar-refractivity contribution < 1.29 is 8.42 Å². The Hall–Kier alpha value is -0.920. The standard InChI is InChI=1S/C12H21N3O2S2/c1-4-9(8-18-3)15(2)12-6-5-10(7-11(12)13)19(14,16)17/h5-7,9H,4,8,13H2,1-3H3,(H2,14,16,17). The third kappa shape index (κ3) is 4.02. The number of nitrogen functional groups attached to an aromatic ring is 1. The van der Waals surface area contributed by atoms with Gasteiger partial charge in [0, 0.05) is 18.8 Å². The minimum atomic E-state index is -3.71. The fourth-order valence-electron chi connectivity index (χ4n) is 1.92. The molecule has 0 spiro atoms. The molecule has 5 nitrogen and oxygen atoms in total. The second-order valence-corrected chi connectivity index (χ2v) is 6.87. The van der Waals surface area contributed by atoms with Gasteiger partial charge in [-0.3, -0.25) is 0 Å². The SMILES string of the molecule is CCC(CSC)N(C)c1ccc(S(N)(=O)=O)cc1N. The van der Waals surface area contributed by atoms with Crippen molar-refractivity contribution in [1.82, 2.24) is 0 Å². The van der Waals surface area contributed by atoms with E-state index in [1.165, 1.54) is 12.1 Å². The van der Waals surface area contributed by atoms with E-state index in [9.17, 15) is 8.42 Å². The van der Waals surface area contributed by atoms with Gasteiger partial charge < -0.3 is 10.6 Å². The molecule has 7 heteroatoms. The fourth-order valence-corrected chi connectivity index (χ4v) is 3.32. The Morgan fingerprint density at radius 2 is 2.05 bits per heavy atom. The average molecular weight is 303 g/mol. The molecule has 108 valence electrons. The lowest BCUT2D eigenvalue weighted by Crippen LogP contribution is -2.33. The van der Waals surface area contributed by atoms with Gasteiger partial charge >= 0.3 is 0 Å². The molecule has 0 fully saturated rings. The molecule has 0 aromatic heterocycles. The summed E-state index contributed by atoms with van der Waals surface area (Å²) < 4.78 is 22.5. The van der Waals surface area contributed by atoms with Crippen LogP contribution in [0.2, 0.25) is 0 Å². The van der Waals surface area contributed by atoms with Gasteiger partial charge in [-0.15, -0.1) is 0 Å². The quantitative estimate of drug-likeness (QED) is 0.777. The zero-order valence-electron chi connectivity index (χ0n) is 11.5. The van der Waals surface area contributed by atoms with Crippen molar-refractivity contribution in [2.75, 3.05) is 29.7 Å².